The lowest BCUT2D eigenvalue weighted by atomic mass is 10.1. The summed E-state index contributed by atoms with van der Waals surface area (Å²) in [4.78, 5) is 0. The van der Waals surface area contributed by atoms with Gasteiger partial charge in [0, 0.05) is 12.0 Å². The van der Waals surface area contributed by atoms with Crippen molar-refractivity contribution in [3.05, 3.63) is 65.1 Å². The maximum atomic E-state index is 10.0. The average molecular weight is 299 g/mol. The highest BCUT2D eigenvalue weighted by Crippen LogP contribution is 2.35. The van der Waals surface area contributed by atoms with E-state index >= 15 is 0 Å². The number of nitrogens with one attached hydrogen (secondary N) is 1. The SMILES string of the molecule is COc1ccc(O)c(C2=CSC(Cc3ccccc3)N2)c1. The summed E-state index contributed by atoms with van der Waals surface area (Å²) in [7, 11) is 1.62. The topological polar surface area (TPSA) is 41.5 Å². The Morgan fingerprint density at radius 1 is 1.19 bits per heavy atom. The molecule has 3 rings (SSSR count). The van der Waals surface area contributed by atoms with Crippen molar-refractivity contribution in [1.29, 1.82) is 0 Å². The van der Waals surface area contributed by atoms with Gasteiger partial charge in [0.2, 0.25) is 0 Å². The Kier molecular flexibility index (Phi) is 4.06. The average Bonchev–Trinajstić information content (AvgIpc) is 2.97. The molecule has 1 unspecified atom stereocenters. The Balaban J connectivity index is 1.72. The second-order valence-corrected chi connectivity index (χ2v) is 5.95. The molecule has 1 heterocycles. The molecule has 0 aromatic heterocycles. The van der Waals surface area contributed by atoms with Crippen LogP contribution >= 0.6 is 11.8 Å². The molecule has 0 saturated heterocycles. The highest BCUT2D eigenvalue weighted by Gasteiger charge is 2.20. The molecule has 1 aliphatic rings. The largest absolute Gasteiger partial charge is 0.507 e. The Labute approximate surface area is 128 Å². The summed E-state index contributed by atoms with van der Waals surface area (Å²) in [5.41, 5.74) is 3.02. The van der Waals surface area contributed by atoms with Crippen molar-refractivity contribution in [2.24, 2.45) is 0 Å². The number of hydrogen-bond donors (Lipinski definition) is 2. The predicted molar refractivity (Wildman–Crippen MR) is 87.3 cm³/mol. The van der Waals surface area contributed by atoms with Crippen LogP contribution in [0.25, 0.3) is 5.70 Å². The number of phenols is 1. The highest BCUT2D eigenvalue weighted by atomic mass is 32.2. The molecular weight excluding hydrogens is 282 g/mol. The number of ether oxygens (including phenoxy) is 1. The van der Waals surface area contributed by atoms with Gasteiger partial charge in [-0.3, -0.25) is 0 Å². The minimum atomic E-state index is 0.260. The van der Waals surface area contributed by atoms with Crippen molar-refractivity contribution in [2.75, 3.05) is 7.11 Å². The van der Waals surface area contributed by atoms with Gasteiger partial charge in [-0.2, -0.15) is 0 Å². The Morgan fingerprint density at radius 2 is 2.00 bits per heavy atom. The van der Waals surface area contributed by atoms with Crippen molar-refractivity contribution >= 4 is 17.5 Å². The summed E-state index contributed by atoms with van der Waals surface area (Å²) in [6.45, 7) is 0. The summed E-state index contributed by atoms with van der Waals surface area (Å²) >= 11 is 1.74. The van der Waals surface area contributed by atoms with Crippen LogP contribution in [0.5, 0.6) is 11.5 Å². The smallest absolute Gasteiger partial charge is 0.125 e. The van der Waals surface area contributed by atoms with E-state index in [0.29, 0.717) is 0 Å². The monoisotopic (exact) mass is 299 g/mol. The van der Waals surface area contributed by atoms with E-state index in [1.807, 2.05) is 12.1 Å². The third-order valence-electron chi connectivity index (χ3n) is 3.42. The molecule has 1 aliphatic heterocycles. The quantitative estimate of drug-likeness (QED) is 0.905. The first kappa shape index (κ1) is 13.9. The number of benzene rings is 2. The zero-order valence-corrected chi connectivity index (χ0v) is 12.6. The first-order valence-electron chi connectivity index (χ1n) is 6.80. The maximum Gasteiger partial charge on any atom is 0.125 e. The van der Waals surface area contributed by atoms with E-state index in [1.54, 1.807) is 31.0 Å². The second kappa shape index (κ2) is 6.14. The third kappa shape index (κ3) is 3.16. The number of rotatable bonds is 4. The van der Waals surface area contributed by atoms with Gasteiger partial charge in [0.05, 0.1) is 18.2 Å². The molecule has 2 aromatic rings. The van der Waals surface area contributed by atoms with Crippen LogP contribution in [0.15, 0.2) is 53.9 Å². The normalized spacial score (nSPS) is 17.2. The van der Waals surface area contributed by atoms with Crippen molar-refractivity contribution in [2.45, 2.75) is 11.8 Å². The molecule has 0 amide bonds. The molecule has 4 heteroatoms. The van der Waals surface area contributed by atoms with E-state index in [-0.39, 0.29) is 11.1 Å². The number of hydrogen-bond acceptors (Lipinski definition) is 4. The van der Waals surface area contributed by atoms with Crippen molar-refractivity contribution in [1.82, 2.24) is 5.32 Å². The van der Waals surface area contributed by atoms with Gasteiger partial charge in [-0.25, -0.2) is 0 Å². The lowest BCUT2D eigenvalue weighted by molar-refractivity contribution is 0.412. The molecular formula is C17H17NO2S. The molecule has 0 fully saturated rings. The minimum Gasteiger partial charge on any atom is -0.507 e. The Morgan fingerprint density at radius 3 is 2.76 bits per heavy atom. The zero-order chi connectivity index (χ0) is 14.7. The van der Waals surface area contributed by atoms with Crippen molar-refractivity contribution < 1.29 is 9.84 Å². The molecule has 3 nitrogen and oxygen atoms in total. The van der Waals surface area contributed by atoms with Crippen LogP contribution in [0.2, 0.25) is 0 Å². The maximum absolute atomic E-state index is 10.0. The van der Waals surface area contributed by atoms with E-state index in [9.17, 15) is 5.11 Å². The molecule has 0 saturated carbocycles. The number of phenolic OH excluding ortho intramolecular Hbond substituents is 1. The van der Waals surface area contributed by atoms with Crippen molar-refractivity contribution in [3.63, 3.8) is 0 Å². The van der Waals surface area contributed by atoms with E-state index in [2.05, 4.69) is 35.0 Å². The standard InChI is InChI=1S/C17H17NO2S/c1-20-13-7-8-16(19)14(10-13)15-11-21-17(18-15)9-12-5-3-2-4-6-12/h2-8,10-11,17-19H,9H2,1H3. The van der Waals surface area contributed by atoms with E-state index in [0.717, 1.165) is 23.4 Å². The summed E-state index contributed by atoms with van der Waals surface area (Å²) in [6.07, 6.45) is 0.941. The molecule has 2 aromatic carbocycles. The molecule has 108 valence electrons. The van der Waals surface area contributed by atoms with Crippen LogP contribution in [-0.2, 0) is 6.42 Å². The lowest BCUT2D eigenvalue weighted by Crippen LogP contribution is -2.22. The van der Waals surface area contributed by atoms with E-state index in [1.165, 1.54) is 5.56 Å². The van der Waals surface area contributed by atoms with Crippen LogP contribution in [0, 0.1) is 0 Å². The molecule has 1 atom stereocenters. The summed E-state index contributed by atoms with van der Waals surface area (Å²) in [5, 5.41) is 15.8. The van der Waals surface area contributed by atoms with Crippen LogP contribution in [-0.4, -0.2) is 17.6 Å². The van der Waals surface area contributed by atoms with Gasteiger partial charge in [0.15, 0.2) is 0 Å². The Hall–Kier alpha value is -2.07. The van der Waals surface area contributed by atoms with Crippen LogP contribution in [0.3, 0.4) is 0 Å². The van der Waals surface area contributed by atoms with E-state index in [4.69, 9.17) is 4.74 Å². The van der Waals surface area contributed by atoms with Gasteiger partial charge < -0.3 is 15.2 Å². The van der Waals surface area contributed by atoms with Crippen LogP contribution in [0.4, 0.5) is 0 Å². The second-order valence-electron chi connectivity index (χ2n) is 4.87. The molecule has 0 aliphatic carbocycles. The first-order valence-corrected chi connectivity index (χ1v) is 7.74. The van der Waals surface area contributed by atoms with E-state index < -0.39 is 0 Å². The fourth-order valence-electron chi connectivity index (χ4n) is 2.32. The third-order valence-corrected chi connectivity index (χ3v) is 4.41. The summed E-state index contributed by atoms with van der Waals surface area (Å²) < 4.78 is 5.22. The molecule has 21 heavy (non-hydrogen) atoms. The van der Waals surface area contributed by atoms with Gasteiger partial charge in [-0.05, 0) is 29.2 Å². The molecule has 0 spiro atoms. The number of methoxy groups -OCH3 is 1. The van der Waals surface area contributed by atoms with Crippen LogP contribution in [0.1, 0.15) is 11.1 Å². The predicted octanol–water partition coefficient (Wildman–Crippen LogP) is 3.60. The van der Waals surface area contributed by atoms with Gasteiger partial charge in [-0.15, -0.1) is 11.8 Å². The van der Waals surface area contributed by atoms with Crippen LogP contribution < -0.4 is 10.1 Å². The summed E-state index contributed by atoms with van der Waals surface area (Å²) in [6, 6.07) is 15.6. The zero-order valence-electron chi connectivity index (χ0n) is 11.7. The number of thioether (sulfide) groups is 1. The van der Waals surface area contributed by atoms with Gasteiger partial charge >= 0.3 is 0 Å². The van der Waals surface area contributed by atoms with Gasteiger partial charge in [0.25, 0.3) is 0 Å². The minimum absolute atomic E-state index is 0.260. The molecule has 2 N–H and O–H groups in total. The Bertz CT molecular complexity index is 655. The first-order chi connectivity index (χ1) is 10.3. The molecule has 0 radical (unpaired) electrons. The fraction of sp³-hybridized carbons (Fsp3) is 0.176. The van der Waals surface area contributed by atoms with Crippen molar-refractivity contribution in [3.8, 4) is 11.5 Å². The molecule has 0 bridgehead atoms. The lowest BCUT2D eigenvalue weighted by Gasteiger charge is -2.14. The van der Waals surface area contributed by atoms with Gasteiger partial charge in [0.1, 0.15) is 11.5 Å². The number of aromatic hydroxyl groups is 1. The highest BCUT2D eigenvalue weighted by molar-refractivity contribution is 8.03. The fourth-order valence-corrected chi connectivity index (χ4v) is 3.30. The van der Waals surface area contributed by atoms with Gasteiger partial charge in [-0.1, -0.05) is 30.3 Å². The summed E-state index contributed by atoms with van der Waals surface area (Å²) in [5.74, 6) is 0.998.